The Morgan fingerprint density at radius 1 is 1.25 bits per heavy atom. The van der Waals surface area contributed by atoms with Crippen molar-refractivity contribution in [1.29, 1.82) is 0 Å². The maximum Gasteiger partial charge on any atom is 0.0907 e. The molecular weight excluding hydrogens is 168 g/mol. The van der Waals surface area contributed by atoms with E-state index in [0.717, 1.165) is 29.7 Å². The van der Waals surface area contributed by atoms with Crippen LogP contribution in [0.25, 0.3) is 0 Å². The summed E-state index contributed by atoms with van der Waals surface area (Å²) < 4.78 is 0. The summed E-state index contributed by atoms with van der Waals surface area (Å²) in [6.07, 6.45) is 2.88. The van der Waals surface area contributed by atoms with Gasteiger partial charge in [0.1, 0.15) is 0 Å². The fourth-order valence-electron chi connectivity index (χ4n) is 1.65. The Hall–Kier alpha value is -0.470. The van der Waals surface area contributed by atoms with Crippen molar-refractivity contribution in [3.05, 3.63) is 29.8 Å². The number of aliphatic hydroxyl groups is 1. The van der Waals surface area contributed by atoms with Crippen LogP contribution in [0, 0.1) is 0 Å². The van der Waals surface area contributed by atoms with Crippen molar-refractivity contribution < 1.29 is 5.11 Å². The Labute approximate surface area is 77.8 Å². The zero-order valence-corrected chi connectivity index (χ0v) is 7.72. The lowest BCUT2D eigenvalue weighted by Crippen LogP contribution is -2.33. The number of benzene rings is 1. The summed E-state index contributed by atoms with van der Waals surface area (Å²) in [6, 6.07) is 7.77. The maximum absolute atomic E-state index is 10.0. The lowest BCUT2D eigenvalue weighted by Gasteiger charge is -2.37. The number of hydrogen-bond acceptors (Lipinski definition) is 2. The van der Waals surface area contributed by atoms with Crippen molar-refractivity contribution in [2.75, 3.05) is 0 Å². The molecule has 1 aromatic carbocycles. The third-order valence-electron chi connectivity index (χ3n) is 2.59. The molecule has 2 rings (SSSR count). The van der Waals surface area contributed by atoms with E-state index in [1.165, 1.54) is 0 Å². The van der Waals surface area contributed by atoms with Crippen molar-refractivity contribution in [2.24, 2.45) is 0 Å². The minimum atomic E-state index is -0.571. The minimum absolute atomic E-state index is 0.571. The van der Waals surface area contributed by atoms with Crippen LogP contribution in [-0.2, 0) is 5.60 Å². The van der Waals surface area contributed by atoms with Crippen LogP contribution >= 0.6 is 12.6 Å². The highest BCUT2D eigenvalue weighted by Gasteiger charge is 2.37. The van der Waals surface area contributed by atoms with Crippen molar-refractivity contribution >= 4 is 12.6 Å². The fraction of sp³-hybridized carbons (Fsp3) is 0.400. The smallest absolute Gasteiger partial charge is 0.0907 e. The minimum Gasteiger partial charge on any atom is -0.385 e. The van der Waals surface area contributed by atoms with E-state index in [2.05, 4.69) is 12.6 Å². The Kier molecular flexibility index (Phi) is 1.89. The van der Waals surface area contributed by atoms with Crippen LogP contribution in [0.15, 0.2) is 29.2 Å². The monoisotopic (exact) mass is 180 g/mol. The normalized spacial score (nSPS) is 20.2. The van der Waals surface area contributed by atoms with E-state index in [0.29, 0.717) is 0 Å². The Morgan fingerprint density at radius 3 is 2.42 bits per heavy atom. The van der Waals surface area contributed by atoms with Gasteiger partial charge in [0.25, 0.3) is 0 Å². The molecule has 2 heteroatoms. The van der Waals surface area contributed by atoms with Gasteiger partial charge in [-0.2, -0.15) is 0 Å². The molecule has 1 N–H and O–H groups in total. The zero-order chi connectivity index (χ0) is 8.60. The molecule has 0 aromatic heterocycles. The molecule has 1 fully saturated rings. The van der Waals surface area contributed by atoms with Crippen LogP contribution in [0.5, 0.6) is 0 Å². The molecule has 0 heterocycles. The zero-order valence-electron chi connectivity index (χ0n) is 6.83. The molecule has 1 saturated carbocycles. The molecule has 12 heavy (non-hydrogen) atoms. The summed E-state index contributed by atoms with van der Waals surface area (Å²) in [5, 5.41) is 10.0. The van der Waals surface area contributed by atoms with E-state index in [4.69, 9.17) is 0 Å². The van der Waals surface area contributed by atoms with Crippen LogP contribution in [0.2, 0.25) is 0 Å². The van der Waals surface area contributed by atoms with E-state index >= 15 is 0 Å². The quantitative estimate of drug-likeness (QED) is 0.636. The van der Waals surface area contributed by atoms with Gasteiger partial charge in [0.2, 0.25) is 0 Å². The van der Waals surface area contributed by atoms with Crippen molar-refractivity contribution in [2.45, 2.75) is 29.8 Å². The number of thiol groups is 1. The molecule has 0 unspecified atom stereocenters. The van der Waals surface area contributed by atoms with Gasteiger partial charge in [0.15, 0.2) is 0 Å². The van der Waals surface area contributed by atoms with Gasteiger partial charge in [0.05, 0.1) is 5.60 Å². The first kappa shape index (κ1) is 8.14. The van der Waals surface area contributed by atoms with E-state index in [-0.39, 0.29) is 0 Å². The van der Waals surface area contributed by atoms with Gasteiger partial charge >= 0.3 is 0 Å². The summed E-state index contributed by atoms with van der Waals surface area (Å²) in [5.41, 5.74) is 0.415. The molecule has 0 bridgehead atoms. The average molecular weight is 180 g/mol. The first-order valence-corrected chi connectivity index (χ1v) is 4.68. The predicted octanol–water partition coefficient (Wildman–Crippen LogP) is 2.35. The van der Waals surface area contributed by atoms with Crippen LogP contribution in [0.4, 0.5) is 0 Å². The lowest BCUT2D eigenvalue weighted by molar-refractivity contribution is -0.0410. The van der Waals surface area contributed by atoms with E-state index in [1.54, 1.807) is 0 Å². The third kappa shape index (κ3) is 1.15. The number of rotatable bonds is 1. The van der Waals surface area contributed by atoms with Gasteiger partial charge in [-0.15, -0.1) is 12.6 Å². The van der Waals surface area contributed by atoms with Crippen molar-refractivity contribution in [1.82, 2.24) is 0 Å². The highest BCUT2D eigenvalue weighted by atomic mass is 32.1. The Balaban J connectivity index is 2.39. The molecule has 1 nitrogen and oxygen atoms in total. The second-order valence-electron chi connectivity index (χ2n) is 3.40. The Bertz CT molecular complexity index is 292. The molecule has 1 aliphatic rings. The molecular formula is C10H12OS. The molecule has 1 aliphatic carbocycles. The van der Waals surface area contributed by atoms with E-state index < -0.39 is 5.60 Å². The van der Waals surface area contributed by atoms with Crippen LogP contribution in [0.3, 0.4) is 0 Å². The van der Waals surface area contributed by atoms with Gasteiger partial charge in [0, 0.05) is 4.90 Å². The lowest BCUT2D eigenvalue weighted by atomic mass is 9.75. The summed E-state index contributed by atoms with van der Waals surface area (Å²) >= 11 is 4.32. The maximum atomic E-state index is 10.0. The van der Waals surface area contributed by atoms with E-state index in [1.807, 2.05) is 24.3 Å². The summed E-state index contributed by atoms with van der Waals surface area (Å²) in [5.74, 6) is 0. The molecule has 0 radical (unpaired) electrons. The van der Waals surface area contributed by atoms with Gasteiger partial charge in [-0.05, 0) is 30.9 Å². The van der Waals surface area contributed by atoms with E-state index in [9.17, 15) is 5.11 Å². The average Bonchev–Trinajstić information content (AvgIpc) is 2.01. The second-order valence-corrected chi connectivity index (χ2v) is 3.88. The molecule has 64 valence electrons. The predicted molar refractivity (Wildman–Crippen MR) is 51.4 cm³/mol. The standard InChI is InChI=1S/C10H12OS/c11-10(6-3-7-10)8-4-1-2-5-9(8)12/h1-2,4-5,11-12H,3,6-7H2. The topological polar surface area (TPSA) is 20.2 Å². The van der Waals surface area contributed by atoms with Crippen LogP contribution in [-0.4, -0.2) is 5.11 Å². The fourth-order valence-corrected chi connectivity index (χ4v) is 2.02. The first-order chi connectivity index (χ1) is 5.72. The summed E-state index contributed by atoms with van der Waals surface area (Å²) in [4.78, 5) is 0.903. The second kappa shape index (κ2) is 2.79. The molecule has 0 aliphatic heterocycles. The SMILES string of the molecule is OC1(c2ccccc2S)CCC1. The summed E-state index contributed by atoms with van der Waals surface area (Å²) in [7, 11) is 0. The molecule has 0 amide bonds. The molecule has 0 saturated heterocycles. The molecule has 1 aromatic rings. The first-order valence-electron chi connectivity index (χ1n) is 4.23. The van der Waals surface area contributed by atoms with Gasteiger partial charge in [-0.25, -0.2) is 0 Å². The Morgan fingerprint density at radius 2 is 1.92 bits per heavy atom. The van der Waals surface area contributed by atoms with Gasteiger partial charge in [-0.3, -0.25) is 0 Å². The number of hydrogen-bond donors (Lipinski definition) is 2. The highest BCUT2D eigenvalue weighted by molar-refractivity contribution is 7.80. The van der Waals surface area contributed by atoms with Gasteiger partial charge in [-0.1, -0.05) is 18.2 Å². The highest BCUT2D eigenvalue weighted by Crippen LogP contribution is 2.42. The molecule has 0 spiro atoms. The van der Waals surface area contributed by atoms with Crippen molar-refractivity contribution in [3.63, 3.8) is 0 Å². The van der Waals surface area contributed by atoms with Gasteiger partial charge < -0.3 is 5.11 Å². The summed E-state index contributed by atoms with van der Waals surface area (Å²) in [6.45, 7) is 0. The molecule has 0 atom stereocenters. The largest absolute Gasteiger partial charge is 0.385 e. The van der Waals surface area contributed by atoms with Crippen LogP contribution in [0.1, 0.15) is 24.8 Å². The van der Waals surface area contributed by atoms with Crippen LogP contribution < -0.4 is 0 Å². The third-order valence-corrected chi connectivity index (χ3v) is 2.98. The van der Waals surface area contributed by atoms with Crippen molar-refractivity contribution in [3.8, 4) is 0 Å².